The van der Waals surface area contributed by atoms with Gasteiger partial charge in [-0.1, -0.05) is 13.8 Å². The Morgan fingerprint density at radius 1 is 1.23 bits per heavy atom. The van der Waals surface area contributed by atoms with Crippen molar-refractivity contribution < 1.29 is 22.0 Å². The lowest BCUT2D eigenvalue weighted by Gasteiger charge is -2.29. The van der Waals surface area contributed by atoms with Gasteiger partial charge in [-0.15, -0.1) is 0 Å². The summed E-state index contributed by atoms with van der Waals surface area (Å²) in [7, 11) is -3.09. The predicted molar refractivity (Wildman–Crippen MR) is 96.5 cm³/mol. The summed E-state index contributed by atoms with van der Waals surface area (Å²) < 4.78 is 42.5. The molecule has 0 saturated carbocycles. The number of halogens is 1. The summed E-state index contributed by atoms with van der Waals surface area (Å²) in [5, 5.41) is 0. The van der Waals surface area contributed by atoms with E-state index in [1.807, 2.05) is 0 Å². The van der Waals surface area contributed by atoms with Crippen molar-refractivity contribution in [2.24, 2.45) is 5.92 Å². The second kappa shape index (κ2) is 7.23. The van der Waals surface area contributed by atoms with Crippen molar-refractivity contribution in [3.8, 4) is 11.3 Å². The van der Waals surface area contributed by atoms with Crippen LogP contribution in [0, 0.1) is 11.7 Å². The van der Waals surface area contributed by atoms with Gasteiger partial charge in [0.2, 0.25) is 5.91 Å². The van der Waals surface area contributed by atoms with Crippen LogP contribution in [0.25, 0.3) is 11.3 Å². The molecule has 1 aliphatic rings. The molecule has 1 saturated heterocycles. The van der Waals surface area contributed by atoms with E-state index < -0.39 is 9.84 Å². The first-order chi connectivity index (χ1) is 12.2. The maximum Gasteiger partial charge on any atom is 0.225 e. The van der Waals surface area contributed by atoms with Crippen LogP contribution in [-0.2, 0) is 21.2 Å². The average Bonchev–Trinajstić information content (AvgIpc) is 3.19. The fraction of sp³-hybridized carbons (Fsp3) is 0.421. The molecule has 0 aliphatic carbocycles. The zero-order valence-corrected chi connectivity index (χ0v) is 15.6. The van der Waals surface area contributed by atoms with E-state index in [1.165, 1.54) is 12.1 Å². The van der Waals surface area contributed by atoms with E-state index in [-0.39, 0.29) is 41.7 Å². The number of benzene rings is 1. The van der Waals surface area contributed by atoms with Crippen LogP contribution in [0.4, 0.5) is 4.39 Å². The molecule has 0 bridgehead atoms. The summed E-state index contributed by atoms with van der Waals surface area (Å²) in [4.78, 5) is 14.2. The molecule has 5 nitrogen and oxygen atoms in total. The van der Waals surface area contributed by atoms with Crippen LogP contribution in [0.1, 0.15) is 26.0 Å². The van der Waals surface area contributed by atoms with E-state index >= 15 is 0 Å². The van der Waals surface area contributed by atoms with Gasteiger partial charge in [-0.25, -0.2) is 12.8 Å². The van der Waals surface area contributed by atoms with Crippen molar-refractivity contribution in [1.29, 1.82) is 0 Å². The summed E-state index contributed by atoms with van der Waals surface area (Å²) >= 11 is 0. The highest BCUT2D eigenvalue weighted by Gasteiger charge is 2.35. The zero-order valence-electron chi connectivity index (χ0n) is 14.8. The zero-order chi connectivity index (χ0) is 18.9. The molecule has 1 fully saturated rings. The third-order valence-electron chi connectivity index (χ3n) is 4.54. The second-order valence-corrected chi connectivity index (χ2v) is 9.18. The number of hydrogen-bond donors (Lipinski definition) is 0. The van der Waals surface area contributed by atoms with Gasteiger partial charge in [0.25, 0.3) is 0 Å². The van der Waals surface area contributed by atoms with Gasteiger partial charge in [0, 0.05) is 17.5 Å². The third kappa shape index (κ3) is 4.15. The molecule has 1 atom stereocenters. The topological polar surface area (TPSA) is 67.6 Å². The third-order valence-corrected chi connectivity index (χ3v) is 6.29. The minimum atomic E-state index is -3.09. The SMILES string of the molecule is CC(C)C(=O)N(Cc1ccc(-c2ccc(F)cc2)o1)C1CCS(=O)(=O)C1. The highest BCUT2D eigenvalue weighted by Crippen LogP contribution is 2.26. The fourth-order valence-electron chi connectivity index (χ4n) is 3.14. The highest BCUT2D eigenvalue weighted by molar-refractivity contribution is 7.91. The first-order valence-electron chi connectivity index (χ1n) is 8.61. The van der Waals surface area contributed by atoms with Gasteiger partial charge in [0.15, 0.2) is 9.84 Å². The van der Waals surface area contributed by atoms with Crippen molar-refractivity contribution in [3.63, 3.8) is 0 Å². The molecule has 3 rings (SSSR count). The number of sulfone groups is 1. The molecule has 0 radical (unpaired) electrons. The van der Waals surface area contributed by atoms with Crippen LogP contribution in [0.2, 0.25) is 0 Å². The van der Waals surface area contributed by atoms with E-state index in [0.29, 0.717) is 17.9 Å². The molecule has 1 unspecified atom stereocenters. The van der Waals surface area contributed by atoms with Crippen LogP contribution < -0.4 is 0 Å². The minimum absolute atomic E-state index is 0.00299. The fourth-order valence-corrected chi connectivity index (χ4v) is 4.87. The summed E-state index contributed by atoms with van der Waals surface area (Å²) in [5.74, 6) is 0.613. The van der Waals surface area contributed by atoms with E-state index in [0.717, 1.165) is 5.56 Å². The Morgan fingerprint density at radius 3 is 2.50 bits per heavy atom. The molecule has 1 amide bonds. The molecule has 1 aliphatic heterocycles. The quantitative estimate of drug-likeness (QED) is 0.800. The number of hydrogen-bond acceptors (Lipinski definition) is 4. The molecule has 0 spiro atoms. The Morgan fingerprint density at radius 2 is 1.92 bits per heavy atom. The van der Waals surface area contributed by atoms with Crippen molar-refractivity contribution >= 4 is 15.7 Å². The molecule has 2 heterocycles. The lowest BCUT2D eigenvalue weighted by molar-refractivity contribution is -0.137. The van der Waals surface area contributed by atoms with Gasteiger partial charge in [0.05, 0.1) is 18.1 Å². The van der Waals surface area contributed by atoms with Crippen LogP contribution in [-0.4, -0.2) is 36.8 Å². The number of amides is 1. The lowest BCUT2D eigenvalue weighted by Crippen LogP contribution is -2.42. The summed E-state index contributed by atoms with van der Waals surface area (Å²) in [6.07, 6.45) is 0.451. The Bertz CT molecular complexity index is 887. The van der Waals surface area contributed by atoms with Crippen LogP contribution in [0.3, 0.4) is 0 Å². The largest absolute Gasteiger partial charge is 0.459 e. The summed E-state index contributed by atoms with van der Waals surface area (Å²) in [6.45, 7) is 3.81. The molecular weight excluding hydrogens is 357 g/mol. The maximum absolute atomic E-state index is 13.1. The van der Waals surface area contributed by atoms with Gasteiger partial charge in [-0.2, -0.15) is 0 Å². The molecule has 140 valence electrons. The molecule has 7 heteroatoms. The number of nitrogens with zero attached hydrogens (tertiary/aromatic N) is 1. The summed E-state index contributed by atoms with van der Waals surface area (Å²) in [5.41, 5.74) is 0.739. The first kappa shape index (κ1) is 18.6. The predicted octanol–water partition coefficient (Wildman–Crippen LogP) is 3.26. The maximum atomic E-state index is 13.1. The van der Waals surface area contributed by atoms with Crippen molar-refractivity contribution in [3.05, 3.63) is 48.0 Å². The Hall–Kier alpha value is -2.15. The number of furan rings is 1. The molecule has 1 aromatic carbocycles. The van der Waals surface area contributed by atoms with E-state index in [9.17, 15) is 17.6 Å². The van der Waals surface area contributed by atoms with Gasteiger partial charge < -0.3 is 9.32 Å². The molecular formula is C19H22FNO4S. The first-order valence-corrected chi connectivity index (χ1v) is 10.4. The number of carbonyl (C=O) groups is 1. The standard InChI is InChI=1S/C19H22FNO4S/c1-13(2)19(22)21(16-9-10-26(23,24)12-16)11-17-7-8-18(25-17)14-3-5-15(20)6-4-14/h3-8,13,16H,9-12H2,1-2H3. The molecule has 0 N–H and O–H groups in total. The van der Waals surface area contributed by atoms with Crippen LogP contribution in [0.15, 0.2) is 40.8 Å². The number of carbonyl (C=O) groups excluding carboxylic acids is 1. The van der Waals surface area contributed by atoms with E-state index in [4.69, 9.17) is 4.42 Å². The van der Waals surface area contributed by atoms with Crippen LogP contribution >= 0.6 is 0 Å². The normalized spacial score (nSPS) is 19.0. The van der Waals surface area contributed by atoms with Gasteiger partial charge in [-0.05, 0) is 42.8 Å². The molecule has 26 heavy (non-hydrogen) atoms. The minimum Gasteiger partial charge on any atom is -0.459 e. The molecule has 2 aromatic rings. The Balaban J connectivity index is 1.81. The van der Waals surface area contributed by atoms with Crippen molar-refractivity contribution in [2.45, 2.75) is 32.9 Å². The van der Waals surface area contributed by atoms with Crippen molar-refractivity contribution in [1.82, 2.24) is 4.90 Å². The van der Waals surface area contributed by atoms with E-state index in [1.54, 1.807) is 43.0 Å². The lowest BCUT2D eigenvalue weighted by atomic mass is 10.1. The summed E-state index contributed by atoms with van der Waals surface area (Å²) in [6, 6.07) is 9.17. The smallest absolute Gasteiger partial charge is 0.225 e. The Kier molecular flexibility index (Phi) is 5.18. The van der Waals surface area contributed by atoms with Crippen molar-refractivity contribution in [2.75, 3.05) is 11.5 Å². The van der Waals surface area contributed by atoms with Crippen LogP contribution in [0.5, 0.6) is 0 Å². The molecule has 1 aromatic heterocycles. The van der Waals surface area contributed by atoms with Gasteiger partial charge in [-0.3, -0.25) is 4.79 Å². The number of rotatable bonds is 5. The average molecular weight is 379 g/mol. The van der Waals surface area contributed by atoms with E-state index in [2.05, 4.69) is 0 Å². The Labute approximate surface area is 152 Å². The highest BCUT2D eigenvalue weighted by atomic mass is 32.2. The van der Waals surface area contributed by atoms with Gasteiger partial charge >= 0.3 is 0 Å². The monoisotopic (exact) mass is 379 g/mol. The second-order valence-electron chi connectivity index (χ2n) is 6.95. The van der Waals surface area contributed by atoms with Gasteiger partial charge in [0.1, 0.15) is 17.3 Å².